The van der Waals surface area contributed by atoms with Gasteiger partial charge in [-0.15, -0.1) is 0 Å². The Morgan fingerprint density at radius 2 is 1.98 bits per heavy atom. The molecule has 1 aliphatic carbocycles. The summed E-state index contributed by atoms with van der Waals surface area (Å²) in [5, 5.41) is 14.7. The molecule has 5 aromatic rings. The molecule has 3 aromatic heterocycles. The van der Waals surface area contributed by atoms with Gasteiger partial charge in [0, 0.05) is 41.3 Å². The number of nitrogens with zero attached hydrogens (tertiary/aromatic N) is 3. The first kappa shape index (κ1) is 25.5. The average Bonchev–Trinajstić information content (AvgIpc) is 3.62. The van der Waals surface area contributed by atoms with Crippen LogP contribution in [0.5, 0.6) is 5.75 Å². The first-order valence-corrected chi connectivity index (χ1v) is 13.7. The number of imidazole rings is 1. The van der Waals surface area contributed by atoms with Gasteiger partial charge in [-0.3, -0.25) is 9.51 Å². The Hall–Kier alpha value is -4.50. The molecule has 0 atom stereocenters. The maximum Gasteiger partial charge on any atom is 0.439 e. The van der Waals surface area contributed by atoms with E-state index in [0.717, 1.165) is 57.7 Å². The lowest BCUT2D eigenvalue weighted by atomic mass is 9.89. The highest BCUT2D eigenvalue weighted by Gasteiger charge is 2.32. The number of allylic oxidation sites excluding steroid dienone is 1. The highest BCUT2D eigenvalue weighted by atomic mass is 19.1. The Labute approximate surface area is 235 Å². The molecule has 1 aliphatic heterocycles. The molecule has 2 N–H and O–H groups in total. The summed E-state index contributed by atoms with van der Waals surface area (Å²) in [5.41, 5.74) is 7.85. The Kier molecular flexibility index (Phi) is 5.76. The molecule has 0 saturated heterocycles. The van der Waals surface area contributed by atoms with E-state index in [1.54, 1.807) is 19.9 Å². The predicted molar refractivity (Wildman–Crippen MR) is 151 cm³/mol. The molecule has 4 heterocycles. The van der Waals surface area contributed by atoms with E-state index in [2.05, 4.69) is 26.7 Å². The first-order chi connectivity index (χ1) is 19.7. The van der Waals surface area contributed by atoms with Gasteiger partial charge in [0.15, 0.2) is 5.82 Å². The monoisotopic (exact) mass is 552 g/mol. The number of aliphatic hydroxyl groups is 1. The third kappa shape index (κ3) is 4.46. The van der Waals surface area contributed by atoms with Crippen LogP contribution in [-0.4, -0.2) is 24.6 Å². The summed E-state index contributed by atoms with van der Waals surface area (Å²) in [5.74, 6) is 0.106. The summed E-state index contributed by atoms with van der Waals surface area (Å²) < 4.78 is 27.2. The summed E-state index contributed by atoms with van der Waals surface area (Å²) in [6.07, 6.45) is 4.88. The largest absolute Gasteiger partial charge is 0.488 e. The lowest BCUT2D eigenvalue weighted by Crippen LogP contribution is -2.17. The van der Waals surface area contributed by atoms with Gasteiger partial charge in [-0.05, 0) is 74.1 Å². The minimum atomic E-state index is -1.02. The fourth-order valence-electron chi connectivity index (χ4n) is 5.82. The molecule has 9 heteroatoms. The van der Waals surface area contributed by atoms with Gasteiger partial charge in [-0.2, -0.15) is 0 Å². The highest BCUT2D eigenvalue weighted by Crippen LogP contribution is 2.44. The van der Waals surface area contributed by atoms with E-state index in [0.29, 0.717) is 35.0 Å². The van der Waals surface area contributed by atoms with Gasteiger partial charge in [0.05, 0.1) is 17.0 Å². The highest BCUT2D eigenvalue weighted by molar-refractivity contribution is 5.99. The van der Waals surface area contributed by atoms with Gasteiger partial charge in [0.1, 0.15) is 23.8 Å². The average molecular weight is 553 g/mol. The van der Waals surface area contributed by atoms with E-state index in [9.17, 15) is 14.3 Å². The number of pyridine rings is 1. The summed E-state index contributed by atoms with van der Waals surface area (Å²) in [6.45, 7) is 5.66. The fourth-order valence-corrected chi connectivity index (χ4v) is 5.82. The second-order valence-corrected chi connectivity index (χ2v) is 11.4. The van der Waals surface area contributed by atoms with Crippen molar-refractivity contribution in [1.29, 1.82) is 0 Å². The molecule has 0 unspecified atom stereocenters. The number of benzene rings is 2. The zero-order valence-electron chi connectivity index (χ0n) is 23.0. The zero-order valence-corrected chi connectivity index (χ0v) is 23.0. The van der Waals surface area contributed by atoms with E-state index in [-0.39, 0.29) is 6.61 Å². The van der Waals surface area contributed by atoms with Crippen LogP contribution in [0.4, 0.5) is 4.39 Å². The Bertz CT molecular complexity index is 1920. The summed E-state index contributed by atoms with van der Waals surface area (Å²) in [7, 11) is 0. The molecule has 2 aromatic carbocycles. The van der Waals surface area contributed by atoms with Crippen LogP contribution in [0.25, 0.3) is 16.8 Å². The SMILES string of the molecule is C/C(=C1/c2ccc(Cc3c(C4CC4)nc4c(C(C)(C)O)cccn34)cc2COc2cc(F)ccc21)c1noc(=O)[nH]1. The number of H-pyrrole nitrogens is 1. The number of hydrogen-bond acceptors (Lipinski definition) is 6. The molecule has 0 bridgehead atoms. The van der Waals surface area contributed by atoms with E-state index < -0.39 is 17.2 Å². The van der Waals surface area contributed by atoms with Crippen molar-refractivity contribution in [2.24, 2.45) is 0 Å². The van der Waals surface area contributed by atoms with Crippen molar-refractivity contribution in [3.8, 4) is 5.75 Å². The standard InChI is InChI=1S/C32H29FN4O4/c1-17(29-35-31(38)41-36-29)27-22-10-6-18(13-20(22)16-40-26-15-21(33)9-11-23(26)27)14-25-28(19-7-8-19)34-30-24(32(2,3)39)5-4-12-37(25)30/h4-6,9-13,15,19,39H,7-8,14,16H2,1-3H3,(H,35,36,38)/b27-17+. The number of hydrogen-bond donors (Lipinski definition) is 2. The molecule has 208 valence electrons. The molecule has 0 amide bonds. The van der Waals surface area contributed by atoms with Crippen molar-refractivity contribution in [3.05, 3.63) is 116 Å². The van der Waals surface area contributed by atoms with Crippen molar-refractivity contribution < 1.29 is 18.8 Å². The second kappa shape index (κ2) is 9.27. The van der Waals surface area contributed by atoms with Crippen LogP contribution in [-0.2, 0) is 18.6 Å². The normalized spacial score (nSPS) is 16.2. The van der Waals surface area contributed by atoms with E-state index >= 15 is 0 Å². The number of aromatic nitrogens is 4. The molecule has 41 heavy (non-hydrogen) atoms. The zero-order chi connectivity index (χ0) is 28.5. The van der Waals surface area contributed by atoms with Crippen molar-refractivity contribution >= 4 is 16.8 Å². The lowest BCUT2D eigenvalue weighted by Gasteiger charge is -2.18. The smallest absolute Gasteiger partial charge is 0.439 e. The molecule has 2 aliphatic rings. The fraction of sp³-hybridized carbons (Fsp3) is 0.281. The molecule has 1 fully saturated rings. The molecule has 1 saturated carbocycles. The molecule has 8 nitrogen and oxygen atoms in total. The number of rotatable bonds is 5. The quantitative estimate of drug-likeness (QED) is 0.289. The molecule has 7 rings (SSSR count). The molecule has 0 radical (unpaired) electrons. The molecular weight excluding hydrogens is 523 g/mol. The third-order valence-corrected chi connectivity index (χ3v) is 7.98. The predicted octanol–water partition coefficient (Wildman–Crippen LogP) is 5.72. The number of halogens is 1. The lowest BCUT2D eigenvalue weighted by molar-refractivity contribution is 0.0796. The van der Waals surface area contributed by atoms with Crippen LogP contribution in [0.15, 0.2) is 64.0 Å². The molecule has 0 spiro atoms. The van der Waals surface area contributed by atoms with E-state index in [1.807, 2.05) is 31.3 Å². The van der Waals surface area contributed by atoms with Crippen molar-refractivity contribution in [3.63, 3.8) is 0 Å². The van der Waals surface area contributed by atoms with Gasteiger partial charge in [-0.25, -0.2) is 14.2 Å². The van der Waals surface area contributed by atoms with Crippen LogP contribution in [0.1, 0.15) is 84.6 Å². The number of fused-ring (bicyclic) bond motifs is 3. The van der Waals surface area contributed by atoms with Gasteiger partial charge < -0.3 is 14.2 Å². The van der Waals surface area contributed by atoms with Crippen molar-refractivity contribution in [2.75, 3.05) is 0 Å². The van der Waals surface area contributed by atoms with Crippen molar-refractivity contribution in [1.82, 2.24) is 19.5 Å². The minimum Gasteiger partial charge on any atom is -0.488 e. The number of nitrogens with one attached hydrogen (secondary N) is 1. The number of aromatic amines is 1. The Balaban J connectivity index is 1.36. The van der Waals surface area contributed by atoms with Crippen LogP contribution in [0.2, 0.25) is 0 Å². The Morgan fingerprint density at radius 3 is 2.71 bits per heavy atom. The summed E-state index contributed by atoms with van der Waals surface area (Å²) in [6, 6.07) is 14.6. The van der Waals surface area contributed by atoms with Gasteiger partial charge in [0.2, 0.25) is 0 Å². The first-order valence-electron chi connectivity index (χ1n) is 13.7. The van der Waals surface area contributed by atoms with Crippen LogP contribution >= 0.6 is 0 Å². The van der Waals surface area contributed by atoms with Crippen LogP contribution in [0.3, 0.4) is 0 Å². The van der Waals surface area contributed by atoms with Crippen molar-refractivity contribution in [2.45, 2.75) is 58.2 Å². The van der Waals surface area contributed by atoms with E-state index in [1.165, 1.54) is 12.1 Å². The van der Waals surface area contributed by atoms with E-state index in [4.69, 9.17) is 14.2 Å². The maximum atomic E-state index is 14.2. The van der Waals surface area contributed by atoms with Crippen LogP contribution in [0, 0.1) is 5.82 Å². The van der Waals surface area contributed by atoms with Crippen LogP contribution < -0.4 is 10.5 Å². The molecular formula is C32H29FN4O4. The third-order valence-electron chi connectivity index (χ3n) is 7.98. The number of ether oxygens (including phenoxy) is 1. The maximum absolute atomic E-state index is 14.2. The van der Waals surface area contributed by atoms with Gasteiger partial charge in [0.25, 0.3) is 0 Å². The van der Waals surface area contributed by atoms with Gasteiger partial charge in [-0.1, -0.05) is 29.4 Å². The minimum absolute atomic E-state index is 0.247. The van der Waals surface area contributed by atoms with Gasteiger partial charge >= 0.3 is 5.76 Å². The summed E-state index contributed by atoms with van der Waals surface area (Å²) >= 11 is 0. The summed E-state index contributed by atoms with van der Waals surface area (Å²) in [4.78, 5) is 19.4. The Morgan fingerprint density at radius 1 is 1.17 bits per heavy atom. The topological polar surface area (TPSA) is 106 Å². The second-order valence-electron chi connectivity index (χ2n) is 11.4.